The van der Waals surface area contributed by atoms with E-state index in [0.717, 1.165) is 11.3 Å². The molecule has 1 aromatic carbocycles. The van der Waals surface area contributed by atoms with Gasteiger partial charge in [0.05, 0.1) is 6.61 Å². The van der Waals surface area contributed by atoms with Gasteiger partial charge in [-0.05, 0) is 36.3 Å². The van der Waals surface area contributed by atoms with Crippen LogP contribution in [0.1, 0.15) is 22.8 Å². The largest absolute Gasteiger partial charge is 0.485 e. The van der Waals surface area contributed by atoms with Crippen molar-refractivity contribution in [2.75, 3.05) is 6.61 Å². The maximum absolute atomic E-state index is 11.2. The summed E-state index contributed by atoms with van der Waals surface area (Å²) in [4.78, 5) is 11.2. The molecule has 1 aliphatic rings. The molecule has 16 heavy (non-hydrogen) atoms. The Morgan fingerprint density at radius 3 is 3.00 bits per heavy atom. The lowest BCUT2D eigenvalue weighted by atomic mass is 10.0. The third-order valence-electron chi connectivity index (χ3n) is 2.80. The Balaban J connectivity index is 2.24. The zero-order valence-electron chi connectivity index (χ0n) is 9.19. The monoisotopic (exact) mass is 218 g/mol. The molecule has 0 aliphatic carbocycles. The second kappa shape index (κ2) is 4.10. The van der Waals surface area contributed by atoms with Crippen molar-refractivity contribution < 1.29 is 14.6 Å². The van der Waals surface area contributed by atoms with Gasteiger partial charge in [-0.1, -0.05) is 6.58 Å². The van der Waals surface area contributed by atoms with Crippen molar-refractivity contribution in [3.05, 3.63) is 41.5 Å². The molecule has 1 aliphatic heterocycles. The first kappa shape index (κ1) is 10.9. The van der Waals surface area contributed by atoms with Crippen LogP contribution in [0, 0.1) is 0 Å². The number of ketones is 1. The molecule has 0 spiro atoms. The number of carbonyl (C=O) groups excluding carboxylic acids is 1. The van der Waals surface area contributed by atoms with E-state index >= 15 is 0 Å². The van der Waals surface area contributed by atoms with Crippen LogP contribution in [0.3, 0.4) is 0 Å². The molecule has 1 atom stereocenters. The highest BCUT2D eigenvalue weighted by Gasteiger charge is 2.25. The Morgan fingerprint density at radius 1 is 1.62 bits per heavy atom. The molecule has 0 saturated carbocycles. The van der Waals surface area contributed by atoms with Crippen LogP contribution in [-0.4, -0.2) is 23.6 Å². The highest BCUT2D eigenvalue weighted by molar-refractivity contribution is 5.94. The quantitative estimate of drug-likeness (QED) is 0.621. The summed E-state index contributed by atoms with van der Waals surface area (Å²) >= 11 is 0. The molecule has 3 nitrogen and oxygen atoms in total. The average molecular weight is 218 g/mol. The van der Waals surface area contributed by atoms with Crippen molar-refractivity contribution in [1.29, 1.82) is 0 Å². The molecule has 1 aromatic rings. The summed E-state index contributed by atoms with van der Waals surface area (Å²) in [6, 6.07) is 5.41. The van der Waals surface area contributed by atoms with Crippen LogP contribution >= 0.6 is 0 Å². The van der Waals surface area contributed by atoms with Gasteiger partial charge in [-0.25, -0.2) is 0 Å². The molecular formula is C13H14O3. The second-order valence-electron chi connectivity index (χ2n) is 4.01. The standard InChI is InChI=1S/C13H14O3/c1-8(7-14)13-6-11-5-10(9(2)15)3-4-12(11)16-13/h3-5,13-14H,1,6-7H2,2H3/t13-/m1/s1. The predicted molar refractivity (Wildman–Crippen MR) is 60.8 cm³/mol. The number of ether oxygens (including phenoxy) is 1. The molecule has 0 aromatic heterocycles. The number of fused-ring (bicyclic) bond motifs is 1. The second-order valence-corrected chi connectivity index (χ2v) is 4.01. The Bertz CT molecular complexity index is 448. The minimum Gasteiger partial charge on any atom is -0.485 e. The number of carbonyl (C=O) groups is 1. The van der Waals surface area contributed by atoms with E-state index in [1.807, 2.05) is 6.07 Å². The van der Waals surface area contributed by atoms with Crippen LogP contribution in [0.15, 0.2) is 30.4 Å². The smallest absolute Gasteiger partial charge is 0.159 e. The summed E-state index contributed by atoms with van der Waals surface area (Å²) < 4.78 is 5.62. The highest BCUT2D eigenvalue weighted by Crippen LogP contribution is 2.31. The SMILES string of the molecule is C=C(CO)[C@H]1Cc2cc(C(C)=O)ccc2O1. The van der Waals surface area contributed by atoms with Gasteiger partial charge in [0.2, 0.25) is 0 Å². The highest BCUT2D eigenvalue weighted by atomic mass is 16.5. The molecule has 3 heteroatoms. The predicted octanol–water partition coefficient (Wildman–Crippen LogP) is 1.74. The molecule has 84 valence electrons. The fourth-order valence-electron chi connectivity index (χ4n) is 1.80. The zero-order valence-corrected chi connectivity index (χ0v) is 9.19. The number of rotatable bonds is 3. The van der Waals surface area contributed by atoms with E-state index < -0.39 is 0 Å². The Hall–Kier alpha value is -1.61. The van der Waals surface area contributed by atoms with E-state index in [-0.39, 0.29) is 18.5 Å². The van der Waals surface area contributed by atoms with Crippen molar-refractivity contribution in [2.45, 2.75) is 19.4 Å². The fourth-order valence-corrected chi connectivity index (χ4v) is 1.80. The normalized spacial score (nSPS) is 17.8. The van der Waals surface area contributed by atoms with Gasteiger partial charge in [-0.15, -0.1) is 0 Å². The first-order chi connectivity index (χ1) is 7.61. The van der Waals surface area contributed by atoms with Gasteiger partial charge in [-0.3, -0.25) is 4.79 Å². The van der Waals surface area contributed by atoms with E-state index in [1.165, 1.54) is 0 Å². The lowest BCUT2D eigenvalue weighted by Crippen LogP contribution is -2.17. The first-order valence-corrected chi connectivity index (χ1v) is 5.21. The zero-order chi connectivity index (χ0) is 11.7. The molecule has 1 N–H and O–H groups in total. The molecule has 0 fully saturated rings. The van der Waals surface area contributed by atoms with Crippen molar-refractivity contribution >= 4 is 5.78 Å². The van der Waals surface area contributed by atoms with E-state index in [9.17, 15) is 4.79 Å². The fraction of sp³-hybridized carbons (Fsp3) is 0.308. The van der Waals surface area contributed by atoms with E-state index in [2.05, 4.69) is 6.58 Å². The summed E-state index contributed by atoms with van der Waals surface area (Å²) in [5.74, 6) is 0.830. The third kappa shape index (κ3) is 1.86. The van der Waals surface area contributed by atoms with Crippen molar-refractivity contribution in [1.82, 2.24) is 0 Å². The van der Waals surface area contributed by atoms with E-state index in [4.69, 9.17) is 9.84 Å². The van der Waals surface area contributed by atoms with Crippen molar-refractivity contribution in [3.63, 3.8) is 0 Å². The summed E-state index contributed by atoms with van der Waals surface area (Å²) in [5, 5.41) is 8.98. The molecule has 0 unspecified atom stereocenters. The summed E-state index contributed by atoms with van der Waals surface area (Å²) in [5.41, 5.74) is 2.37. The van der Waals surface area contributed by atoms with Crippen LogP contribution in [-0.2, 0) is 6.42 Å². The molecule has 0 amide bonds. The lowest BCUT2D eigenvalue weighted by Gasteiger charge is -2.10. The Labute approximate surface area is 94.4 Å². The number of Topliss-reactive ketones (excluding diaryl/α,β-unsaturated/α-hetero) is 1. The lowest BCUT2D eigenvalue weighted by molar-refractivity contribution is 0.101. The molecular weight excluding hydrogens is 204 g/mol. The molecule has 2 rings (SSSR count). The first-order valence-electron chi connectivity index (χ1n) is 5.21. The maximum Gasteiger partial charge on any atom is 0.159 e. The third-order valence-corrected chi connectivity index (χ3v) is 2.80. The minimum absolute atomic E-state index is 0.0484. The summed E-state index contributed by atoms with van der Waals surface area (Å²) in [6.07, 6.45) is 0.512. The van der Waals surface area contributed by atoms with Crippen LogP contribution in [0.5, 0.6) is 5.75 Å². The van der Waals surface area contributed by atoms with Gasteiger partial charge in [0, 0.05) is 12.0 Å². The van der Waals surface area contributed by atoms with E-state index in [1.54, 1.807) is 19.1 Å². The maximum atomic E-state index is 11.2. The van der Waals surface area contributed by atoms with Crippen molar-refractivity contribution in [2.24, 2.45) is 0 Å². The molecule has 1 heterocycles. The Kier molecular flexibility index (Phi) is 2.79. The topological polar surface area (TPSA) is 46.5 Å². The van der Waals surface area contributed by atoms with Gasteiger partial charge in [0.15, 0.2) is 5.78 Å². The van der Waals surface area contributed by atoms with Crippen LogP contribution in [0.2, 0.25) is 0 Å². The molecule has 0 radical (unpaired) electrons. The molecule has 0 bridgehead atoms. The minimum atomic E-state index is -0.165. The molecule has 0 saturated heterocycles. The number of aliphatic hydroxyl groups is 1. The van der Waals surface area contributed by atoms with Crippen LogP contribution < -0.4 is 4.74 Å². The number of hydrogen-bond donors (Lipinski definition) is 1. The number of hydrogen-bond acceptors (Lipinski definition) is 3. The Morgan fingerprint density at radius 2 is 2.38 bits per heavy atom. The number of aliphatic hydroxyl groups excluding tert-OH is 1. The van der Waals surface area contributed by atoms with Crippen LogP contribution in [0.25, 0.3) is 0 Å². The van der Waals surface area contributed by atoms with Gasteiger partial charge >= 0.3 is 0 Å². The summed E-state index contributed by atoms with van der Waals surface area (Å²) in [7, 11) is 0. The van der Waals surface area contributed by atoms with Gasteiger partial charge in [0.25, 0.3) is 0 Å². The van der Waals surface area contributed by atoms with E-state index in [0.29, 0.717) is 17.6 Å². The summed E-state index contributed by atoms with van der Waals surface area (Å²) in [6.45, 7) is 5.23. The van der Waals surface area contributed by atoms with Crippen LogP contribution in [0.4, 0.5) is 0 Å². The average Bonchev–Trinajstić information content (AvgIpc) is 2.70. The van der Waals surface area contributed by atoms with Gasteiger partial charge < -0.3 is 9.84 Å². The van der Waals surface area contributed by atoms with Gasteiger partial charge in [0.1, 0.15) is 11.9 Å². The van der Waals surface area contributed by atoms with Gasteiger partial charge in [-0.2, -0.15) is 0 Å². The number of benzene rings is 1. The van der Waals surface area contributed by atoms with Crippen molar-refractivity contribution in [3.8, 4) is 5.75 Å².